The van der Waals surface area contributed by atoms with E-state index >= 15 is 0 Å². The fourth-order valence-corrected chi connectivity index (χ4v) is 8.98. The lowest BCUT2D eigenvalue weighted by molar-refractivity contribution is -0.0629. The Balaban J connectivity index is 0.933. The lowest BCUT2D eigenvalue weighted by Crippen LogP contribution is -2.51. The van der Waals surface area contributed by atoms with Crippen molar-refractivity contribution in [2.24, 2.45) is 23.2 Å². The number of ether oxygens (including phenoxy) is 1. The van der Waals surface area contributed by atoms with E-state index in [9.17, 15) is 9.90 Å². The van der Waals surface area contributed by atoms with Crippen LogP contribution in [0.4, 0.5) is 5.82 Å². The Morgan fingerprint density at radius 1 is 0.930 bits per heavy atom. The molecule has 226 valence electrons. The molecule has 1 aromatic heterocycles. The first-order chi connectivity index (χ1) is 20.9. The highest BCUT2D eigenvalue weighted by atomic mass is 16.5. The summed E-state index contributed by atoms with van der Waals surface area (Å²) in [5.41, 5.74) is 3.88. The molecule has 5 aliphatic rings. The summed E-state index contributed by atoms with van der Waals surface area (Å²) in [5.74, 6) is 4.57. The van der Waals surface area contributed by atoms with Crippen molar-refractivity contribution in [3.05, 3.63) is 65.9 Å². The van der Waals surface area contributed by atoms with Gasteiger partial charge in [0.05, 0.1) is 7.11 Å². The van der Waals surface area contributed by atoms with E-state index in [0.29, 0.717) is 11.1 Å². The van der Waals surface area contributed by atoms with Crippen molar-refractivity contribution in [3.8, 4) is 22.6 Å². The molecule has 0 atom stereocenters. The Morgan fingerprint density at radius 3 is 2.26 bits per heavy atom. The molecule has 8 nitrogen and oxygen atoms in total. The predicted molar refractivity (Wildman–Crippen MR) is 167 cm³/mol. The lowest BCUT2D eigenvalue weighted by Gasteiger charge is -2.57. The molecule has 5 fully saturated rings. The van der Waals surface area contributed by atoms with E-state index in [2.05, 4.69) is 32.1 Å². The molecular formula is C35H43N5O3. The van der Waals surface area contributed by atoms with Crippen LogP contribution in [0, 0.1) is 23.2 Å². The number of carbonyl (C=O) groups excluding carboxylic acids is 1. The van der Waals surface area contributed by atoms with Gasteiger partial charge in [0.1, 0.15) is 11.5 Å². The number of nitrogens with zero attached hydrogens (tertiary/aromatic N) is 5. The molecule has 4 bridgehead atoms. The Hall–Kier alpha value is -3.65. The number of hydrogen-bond acceptors (Lipinski definition) is 7. The number of phenolic OH excluding ortho intramolecular Hbond substituents is 1. The van der Waals surface area contributed by atoms with Crippen LogP contribution in [0.5, 0.6) is 11.5 Å². The predicted octanol–water partition coefficient (Wildman–Crippen LogP) is 5.47. The molecule has 2 aromatic carbocycles. The minimum atomic E-state index is -0.0105. The van der Waals surface area contributed by atoms with E-state index in [1.54, 1.807) is 19.2 Å². The van der Waals surface area contributed by atoms with Gasteiger partial charge >= 0.3 is 0 Å². The zero-order valence-electron chi connectivity index (χ0n) is 25.4. The Labute approximate surface area is 254 Å². The van der Waals surface area contributed by atoms with Gasteiger partial charge in [0, 0.05) is 51.9 Å². The second-order valence-corrected chi connectivity index (χ2v) is 13.7. The summed E-state index contributed by atoms with van der Waals surface area (Å²) >= 11 is 0. The average Bonchev–Trinajstić information content (AvgIpc) is 3.00. The Bertz CT molecular complexity index is 1430. The first-order valence-electron chi connectivity index (χ1n) is 15.9. The highest BCUT2D eigenvalue weighted by Crippen LogP contribution is 2.60. The van der Waals surface area contributed by atoms with Gasteiger partial charge in [-0.1, -0.05) is 24.3 Å². The van der Waals surface area contributed by atoms with Gasteiger partial charge in [-0.3, -0.25) is 9.69 Å². The van der Waals surface area contributed by atoms with E-state index in [-0.39, 0.29) is 11.7 Å². The molecule has 1 aliphatic heterocycles. The molecule has 0 spiro atoms. The van der Waals surface area contributed by atoms with E-state index in [4.69, 9.17) is 4.74 Å². The quantitative estimate of drug-likeness (QED) is 0.378. The molecule has 8 rings (SSSR count). The van der Waals surface area contributed by atoms with Crippen LogP contribution < -0.4 is 9.64 Å². The number of carbonyl (C=O) groups is 1. The molecule has 4 saturated carbocycles. The number of aromatic nitrogens is 2. The zero-order valence-corrected chi connectivity index (χ0v) is 25.4. The van der Waals surface area contributed by atoms with Gasteiger partial charge < -0.3 is 19.6 Å². The van der Waals surface area contributed by atoms with Gasteiger partial charge in [0.15, 0.2) is 11.5 Å². The molecule has 1 N–H and O–H groups in total. The van der Waals surface area contributed by atoms with Gasteiger partial charge in [0.2, 0.25) is 0 Å². The molecule has 8 heteroatoms. The first kappa shape index (κ1) is 28.1. The van der Waals surface area contributed by atoms with Crippen molar-refractivity contribution in [1.29, 1.82) is 0 Å². The molecule has 1 saturated heterocycles. The van der Waals surface area contributed by atoms with Gasteiger partial charge in [-0.05, 0) is 103 Å². The molecule has 0 unspecified atom stereocenters. The largest absolute Gasteiger partial charge is 0.508 e. The summed E-state index contributed by atoms with van der Waals surface area (Å²) in [6.45, 7) is 5.13. The van der Waals surface area contributed by atoms with E-state index in [1.165, 1.54) is 38.5 Å². The van der Waals surface area contributed by atoms with Crippen LogP contribution in [0.1, 0.15) is 54.6 Å². The van der Waals surface area contributed by atoms with Crippen LogP contribution in [0.25, 0.3) is 11.1 Å². The van der Waals surface area contributed by atoms with Crippen molar-refractivity contribution >= 4 is 11.7 Å². The van der Waals surface area contributed by atoms with Crippen LogP contribution in [0.15, 0.2) is 54.6 Å². The van der Waals surface area contributed by atoms with Crippen molar-refractivity contribution in [1.82, 2.24) is 20.0 Å². The van der Waals surface area contributed by atoms with Gasteiger partial charge in [-0.25, -0.2) is 0 Å². The number of rotatable bonds is 8. The van der Waals surface area contributed by atoms with Crippen molar-refractivity contribution < 1.29 is 14.6 Å². The molecule has 3 aromatic rings. The van der Waals surface area contributed by atoms with Crippen molar-refractivity contribution in [2.45, 2.75) is 45.1 Å². The Kier molecular flexibility index (Phi) is 7.49. The maximum Gasteiger partial charge on any atom is 0.274 e. The van der Waals surface area contributed by atoms with Crippen LogP contribution in [0.3, 0.4) is 0 Å². The fourth-order valence-electron chi connectivity index (χ4n) is 8.98. The van der Waals surface area contributed by atoms with Crippen LogP contribution in [-0.2, 0) is 6.54 Å². The lowest BCUT2D eigenvalue weighted by atomic mass is 9.49. The normalized spacial score (nSPS) is 26.5. The fraction of sp³-hybridized carbons (Fsp3) is 0.514. The average molecular weight is 582 g/mol. The minimum Gasteiger partial charge on any atom is -0.508 e. The molecule has 43 heavy (non-hydrogen) atoms. The molecular weight excluding hydrogens is 538 g/mol. The number of piperazine rings is 1. The SMILES string of the molecule is COc1cc(-c2cccc(O)c2)ccc1CN1CCN(c2ccc(C(=O)N(C)CC34CC5CC(CC(C5)C3)C4)nn2)CC1. The number of aromatic hydroxyl groups is 1. The summed E-state index contributed by atoms with van der Waals surface area (Å²) in [6, 6.07) is 17.3. The number of hydrogen-bond donors (Lipinski definition) is 1. The van der Waals surface area contributed by atoms with E-state index < -0.39 is 0 Å². The first-order valence-corrected chi connectivity index (χ1v) is 15.9. The third-order valence-electron chi connectivity index (χ3n) is 10.5. The monoisotopic (exact) mass is 581 g/mol. The standard InChI is InChI=1S/C35H43N5O3/c1-38(23-35-19-24-14-25(20-35)16-26(15-24)21-35)34(42)31-8-9-33(37-36-31)40-12-10-39(11-13-40)22-29-7-6-28(18-32(29)43-2)27-4-3-5-30(41)17-27/h3-9,17-18,24-26,41H,10-16,19-23H2,1-2H3. The van der Waals surface area contributed by atoms with E-state index in [0.717, 1.165) is 85.3 Å². The van der Waals surface area contributed by atoms with Gasteiger partial charge in [0.25, 0.3) is 5.91 Å². The van der Waals surface area contributed by atoms with Crippen LogP contribution >= 0.6 is 0 Å². The number of phenols is 1. The topological polar surface area (TPSA) is 82.0 Å². The number of anilines is 1. The number of methoxy groups -OCH3 is 1. The molecule has 4 aliphatic carbocycles. The summed E-state index contributed by atoms with van der Waals surface area (Å²) in [4.78, 5) is 19.9. The minimum absolute atomic E-state index is 0.0105. The van der Waals surface area contributed by atoms with Gasteiger partial charge in [-0.15, -0.1) is 10.2 Å². The van der Waals surface area contributed by atoms with E-state index in [1.807, 2.05) is 42.3 Å². The number of amides is 1. The molecule has 0 radical (unpaired) electrons. The molecule has 2 heterocycles. The smallest absolute Gasteiger partial charge is 0.274 e. The summed E-state index contributed by atoms with van der Waals surface area (Å²) in [6.07, 6.45) is 8.14. The summed E-state index contributed by atoms with van der Waals surface area (Å²) < 4.78 is 5.74. The Morgan fingerprint density at radius 2 is 1.63 bits per heavy atom. The summed E-state index contributed by atoms with van der Waals surface area (Å²) in [5, 5.41) is 18.7. The van der Waals surface area contributed by atoms with Crippen molar-refractivity contribution in [3.63, 3.8) is 0 Å². The highest BCUT2D eigenvalue weighted by Gasteiger charge is 2.51. The molecule has 1 amide bonds. The highest BCUT2D eigenvalue weighted by molar-refractivity contribution is 5.92. The third kappa shape index (κ3) is 5.81. The second-order valence-electron chi connectivity index (χ2n) is 13.7. The number of benzene rings is 2. The zero-order chi connectivity index (χ0) is 29.6. The van der Waals surface area contributed by atoms with Crippen LogP contribution in [-0.4, -0.2) is 77.9 Å². The summed E-state index contributed by atoms with van der Waals surface area (Å²) in [7, 11) is 3.65. The second kappa shape index (κ2) is 11.5. The van der Waals surface area contributed by atoms with Gasteiger partial charge in [-0.2, -0.15) is 0 Å². The maximum absolute atomic E-state index is 13.3. The van der Waals surface area contributed by atoms with Crippen molar-refractivity contribution in [2.75, 3.05) is 51.8 Å². The van der Waals surface area contributed by atoms with Crippen LogP contribution in [0.2, 0.25) is 0 Å². The maximum atomic E-state index is 13.3. The third-order valence-corrected chi connectivity index (χ3v) is 10.5.